The molecule has 1 fully saturated rings. The first kappa shape index (κ1) is 11.0. The molecule has 15 heavy (non-hydrogen) atoms. The largest absolute Gasteiger partial charge is 0.496 e. The molecule has 0 aliphatic heterocycles. The Morgan fingerprint density at radius 3 is 2.47 bits per heavy atom. The predicted molar refractivity (Wildman–Crippen MR) is 66.4 cm³/mol. The summed E-state index contributed by atoms with van der Waals surface area (Å²) in [4.78, 5) is 0. The van der Waals surface area contributed by atoms with E-state index in [-0.39, 0.29) is 0 Å². The van der Waals surface area contributed by atoms with E-state index in [1.165, 1.54) is 18.4 Å². The summed E-state index contributed by atoms with van der Waals surface area (Å²) >= 11 is 3.54. The zero-order chi connectivity index (χ0) is 11.1. The second-order valence-electron chi connectivity index (χ2n) is 4.85. The Hall–Kier alpha value is -0.500. The van der Waals surface area contributed by atoms with Crippen LogP contribution in [0.3, 0.4) is 0 Å². The van der Waals surface area contributed by atoms with Gasteiger partial charge in [0.15, 0.2) is 0 Å². The second kappa shape index (κ2) is 3.82. The average molecular weight is 269 g/mol. The van der Waals surface area contributed by atoms with Gasteiger partial charge >= 0.3 is 0 Å². The first-order valence-electron chi connectivity index (χ1n) is 5.39. The second-order valence-corrected chi connectivity index (χ2v) is 5.70. The number of rotatable bonds is 3. The van der Waals surface area contributed by atoms with E-state index in [9.17, 15) is 0 Å². The molecule has 0 N–H and O–H groups in total. The number of benzene rings is 1. The van der Waals surface area contributed by atoms with Crippen LogP contribution in [-0.4, -0.2) is 7.11 Å². The Morgan fingerprint density at radius 1 is 1.33 bits per heavy atom. The van der Waals surface area contributed by atoms with Crippen molar-refractivity contribution < 1.29 is 4.74 Å². The van der Waals surface area contributed by atoms with Gasteiger partial charge in [0.05, 0.1) is 11.6 Å². The monoisotopic (exact) mass is 268 g/mol. The van der Waals surface area contributed by atoms with Crippen molar-refractivity contribution in [1.82, 2.24) is 0 Å². The van der Waals surface area contributed by atoms with Gasteiger partial charge in [0, 0.05) is 0 Å². The summed E-state index contributed by atoms with van der Waals surface area (Å²) < 4.78 is 6.29. The lowest BCUT2D eigenvalue weighted by molar-refractivity contribution is 0.409. The van der Waals surface area contributed by atoms with Gasteiger partial charge < -0.3 is 4.74 Å². The minimum atomic E-state index is 0.300. The molecular formula is C13H17BrO. The van der Waals surface area contributed by atoms with Crippen molar-refractivity contribution in [3.8, 4) is 5.75 Å². The van der Waals surface area contributed by atoms with E-state index in [4.69, 9.17) is 4.74 Å². The van der Waals surface area contributed by atoms with Crippen LogP contribution in [0.5, 0.6) is 5.75 Å². The third-order valence-corrected chi connectivity index (χ3v) is 4.11. The maximum absolute atomic E-state index is 5.24. The van der Waals surface area contributed by atoms with Crippen LogP contribution in [0.15, 0.2) is 22.7 Å². The van der Waals surface area contributed by atoms with Crippen molar-refractivity contribution in [2.75, 3.05) is 7.11 Å². The highest BCUT2D eigenvalue weighted by atomic mass is 79.9. The fourth-order valence-electron chi connectivity index (χ4n) is 2.11. The van der Waals surface area contributed by atoms with Crippen molar-refractivity contribution in [2.45, 2.75) is 32.1 Å². The van der Waals surface area contributed by atoms with Crippen LogP contribution in [0, 0.1) is 5.92 Å². The van der Waals surface area contributed by atoms with Gasteiger partial charge in [-0.15, -0.1) is 0 Å². The summed E-state index contributed by atoms with van der Waals surface area (Å²) in [7, 11) is 1.70. The van der Waals surface area contributed by atoms with E-state index in [0.29, 0.717) is 5.41 Å². The minimum absolute atomic E-state index is 0.300. The Bertz CT molecular complexity index is 367. The molecule has 1 nitrogen and oxygen atoms in total. The first-order chi connectivity index (χ1) is 7.05. The summed E-state index contributed by atoms with van der Waals surface area (Å²) in [5, 5.41) is 0. The zero-order valence-corrected chi connectivity index (χ0v) is 11.1. The van der Waals surface area contributed by atoms with Crippen molar-refractivity contribution in [3.05, 3.63) is 28.2 Å². The van der Waals surface area contributed by atoms with Gasteiger partial charge in [-0.05, 0) is 57.8 Å². The van der Waals surface area contributed by atoms with E-state index in [1.54, 1.807) is 7.11 Å². The maximum atomic E-state index is 5.24. The predicted octanol–water partition coefficient (Wildman–Crippen LogP) is 4.15. The van der Waals surface area contributed by atoms with Crippen molar-refractivity contribution in [1.29, 1.82) is 0 Å². The zero-order valence-electron chi connectivity index (χ0n) is 9.51. The van der Waals surface area contributed by atoms with Crippen LogP contribution < -0.4 is 4.74 Å². The minimum Gasteiger partial charge on any atom is -0.496 e. The van der Waals surface area contributed by atoms with Gasteiger partial charge in [-0.2, -0.15) is 0 Å². The van der Waals surface area contributed by atoms with E-state index < -0.39 is 0 Å². The average Bonchev–Trinajstić information content (AvgIpc) is 3.00. The van der Waals surface area contributed by atoms with Gasteiger partial charge in [0.1, 0.15) is 5.75 Å². The Balaban J connectivity index is 2.32. The van der Waals surface area contributed by atoms with Gasteiger partial charge in [-0.1, -0.05) is 19.9 Å². The van der Waals surface area contributed by atoms with Crippen molar-refractivity contribution >= 4 is 15.9 Å². The number of halogens is 1. The van der Waals surface area contributed by atoms with Gasteiger partial charge in [0.25, 0.3) is 0 Å². The van der Waals surface area contributed by atoms with Crippen LogP contribution in [0.1, 0.15) is 32.3 Å². The molecule has 1 saturated carbocycles. The molecule has 0 unspecified atom stereocenters. The molecule has 2 heteroatoms. The third-order valence-electron chi connectivity index (χ3n) is 3.49. The Labute approximate surface area is 100.0 Å². The molecule has 0 bridgehead atoms. The molecule has 2 rings (SSSR count). The lowest BCUT2D eigenvalue weighted by Crippen LogP contribution is -2.19. The van der Waals surface area contributed by atoms with Crippen molar-refractivity contribution in [2.24, 2.45) is 5.92 Å². The van der Waals surface area contributed by atoms with Crippen LogP contribution in [0.25, 0.3) is 0 Å². The van der Waals surface area contributed by atoms with Crippen LogP contribution in [-0.2, 0) is 5.41 Å². The van der Waals surface area contributed by atoms with Crippen LogP contribution in [0.2, 0.25) is 0 Å². The van der Waals surface area contributed by atoms with Crippen LogP contribution >= 0.6 is 15.9 Å². The first-order valence-corrected chi connectivity index (χ1v) is 6.19. The molecule has 0 atom stereocenters. The number of hydrogen-bond acceptors (Lipinski definition) is 1. The molecule has 0 amide bonds. The highest BCUT2D eigenvalue weighted by Gasteiger charge is 2.38. The van der Waals surface area contributed by atoms with E-state index in [0.717, 1.165) is 16.1 Å². The van der Waals surface area contributed by atoms with Crippen LogP contribution in [0.4, 0.5) is 0 Å². The van der Waals surface area contributed by atoms with Gasteiger partial charge in [-0.3, -0.25) is 0 Å². The van der Waals surface area contributed by atoms with Gasteiger partial charge in [0.2, 0.25) is 0 Å². The normalized spacial score (nSPS) is 16.5. The summed E-state index contributed by atoms with van der Waals surface area (Å²) in [6.07, 6.45) is 2.74. The summed E-state index contributed by atoms with van der Waals surface area (Å²) in [6.45, 7) is 4.66. The smallest absolute Gasteiger partial charge is 0.133 e. The van der Waals surface area contributed by atoms with E-state index in [2.05, 4.69) is 41.9 Å². The molecule has 82 valence electrons. The highest BCUT2D eigenvalue weighted by Crippen LogP contribution is 2.47. The molecule has 1 aromatic carbocycles. The molecular weight excluding hydrogens is 252 g/mol. The molecule has 0 aromatic heterocycles. The number of ether oxygens (including phenoxy) is 1. The molecule has 1 aliphatic rings. The SMILES string of the molecule is COc1ccc(C(C)(C)C2CC2)cc1Br. The summed E-state index contributed by atoms with van der Waals surface area (Å²) in [5.74, 6) is 1.77. The van der Waals surface area contributed by atoms with E-state index >= 15 is 0 Å². The lowest BCUT2D eigenvalue weighted by atomic mass is 9.80. The third kappa shape index (κ3) is 2.05. The standard InChI is InChI=1S/C13H17BrO/c1-13(2,9-4-5-9)10-6-7-12(15-3)11(14)8-10/h6-9H,4-5H2,1-3H3. The molecule has 0 spiro atoms. The Morgan fingerprint density at radius 2 is 2.00 bits per heavy atom. The molecule has 1 aromatic rings. The van der Waals surface area contributed by atoms with E-state index in [1.807, 2.05) is 6.07 Å². The number of hydrogen-bond donors (Lipinski definition) is 0. The Kier molecular flexibility index (Phi) is 2.80. The molecule has 0 heterocycles. The topological polar surface area (TPSA) is 9.23 Å². The number of methoxy groups -OCH3 is 1. The fourth-order valence-corrected chi connectivity index (χ4v) is 2.65. The summed E-state index contributed by atoms with van der Waals surface area (Å²) in [6, 6.07) is 6.42. The van der Waals surface area contributed by atoms with Crippen molar-refractivity contribution in [3.63, 3.8) is 0 Å². The fraction of sp³-hybridized carbons (Fsp3) is 0.538. The quantitative estimate of drug-likeness (QED) is 0.801. The highest BCUT2D eigenvalue weighted by molar-refractivity contribution is 9.10. The molecule has 1 aliphatic carbocycles. The molecule has 0 radical (unpaired) electrons. The maximum Gasteiger partial charge on any atom is 0.133 e. The summed E-state index contributed by atoms with van der Waals surface area (Å²) in [5.41, 5.74) is 1.70. The lowest BCUT2D eigenvalue weighted by Gasteiger charge is -2.25. The molecule has 0 saturated heterocycles. The van der Waals surface area contributed by atoms with Gasteiger partial charge in [-0.25, -0.2) is 0 Å².